The highest BCUT2D eigenvalue weighted by Gasteiger charge is 2.14. The highest BCUT2D eigenvalue weighted by atomic mass is 35.5. The highest BCUT2D eigenvalue weighted by molar-refractivity contribution is 6.36. The molecule has 0 aliphatic rings. The first-order chi connectivity index (χ1) is 13.5. The van der Waals surface area contributed by atoms with Crippen LogP contribution in [0.15, 0.2) is 76.6 Å². The van der Waals surface area contributed by atoms with E-state index < -0.39 is 0 Å². The van der Waals surface area contributed by atoms with Crippen molar-refractivity contribution in [3.8, 4) is 11.4 Å². The second-order valence-electron chi connectivity index (χ2n) is 5.96. The zero-order chi connectivity index (χ0) is 19.7. The number of hydrogen-bond acceptors (Lipinski definition) is 3. The smallest absolute Gasteiger partial charge is 0.267 e. The molecule has 0 atom stereocenters. The molecule has 0 unspecified atom stereocenters. The average molecular weight is 429 g/mol. The molecule has 0 aliphatic carbocycles. The number of rotatable bonds is 3. The Hall–Kier alpha value is -2.66. The normalized spacial score (nSPS) is 11.4. The molecule has 0 spiro atoms. The summed E-state index contributed by atoms with van der Waals surface area (Å²) < 4.78 is 1.23. The summed E-state index contributed by atoms with van der Waals surface area (Å²) in [5.41, 5.74) is 1.49. The minimum atomic E-state index is -0.304. The van der Waals surface area contributed by atoms with E-state index in [1.807, 2.05) is 18.2 Å². The van der Waals surface area contributed by atoms with Crippen LogP contribution in [0.3, 0.4) is 0 Å². The fraction of sp³-hybridized carbons (Fsp3) is 0. The van der Waals surface area contributed by atoms with Gasteiger partial charge in [0.15, 0.2) is 5.82 Å². The Kier molecular flexibility index (Phi) is 5.18. The molecule has 0 saturated carbocycles. The van der Waals surface area contributed by atoms with Crippen molar-refractivity contribution in [2.24, 2.45) is 5.10 Å². The molecule has 0 fully saturated rings. The van der Waals surface area contributed by atoms with E-state index in [2.05, 4.69) is 10.1 Å². The fourth-order valence-electron chi connectivity index (χ4n) is 2.77. The van der Waals surface area contributed by atoms with Crippen molar-refractivity contribution in [3.05, 3.63) is 97.7 Å². The van der Waals surface area contributed by atoms with E-state index >= 15 is 0 Å². The van der Waals surface area contributed by atoms with Gasteiger partial charge in [-0.3, -0.25) is 4.79 Å². The molecule has 28 heavy (non-hydrogen) atoms. The summed E-state index contributed by atoms with van der Waals surface area (Å²) in [4.78, 5) is 17.7. The summed E-state index contributed by atoms with van der Waals surface area (Å²) in [6, 6.07) is 19.3. The third kappa shape index (κ3) is 3.54. The van der Waals surface area contributed by atoms with Gasteiger partial charge in [0.25, 0.3) is 5.56 Å². The molecular formula is C21H12Cl3N3O. The lowest BCUT2D eigenvalue weighted by atomic mass is 10.2. The largest absolute Gasteiger partial charge is 0.282 e. The van der Waals surface area contributed by atoms with Crippen LogP contribution in [0, 0.1) is 0 Å². The van der Waals surface area contributed by atoms with Crippen molar-refractivity contribution in [3.63, 3.8) is 0 Å². The molecular weight excluding hydrogens is 417 g/mol. The van der Waals surface area contributed by atoms with Crippen molar-refractivity contribution in [1.29, 1.82) is 0 Å². The highest BCUT2D eigenvalue weighted by Crippen LogP contribution is 2.27. The summed E-state index contributed by atoms with van der Waals surface area (Å²) in [7, 11) is 0. The topological polar surface area (TPSA) is 47.2 Å². The number of benzene rings is 3. The van der Waals surface area contributed by atoms with Gasteiger partial charge in [0.2, 0.25) is 0 Å². The van der Waals surface area contributed by atoms with Gasteiger partial charge in [0, 0.05) is 16.1 Å². The van der Waals surface area contributed by atoms with Crippen molar-refractivity contribution in [2.75, 3.05) is 0 Å². The van der Waals surface area contributed by atoms with E-state index in [1.54, 1.807) is 48.5 Å². The zero-order valence-corrected chi connectivity index (χ0v) is 16.6. The van der Waals surface area contributed by atoms with Crippen LogP contribution in [-0.2, 0) is 0 Å². The van der Waals surface area contributed by atoms with Gasteiger partial charge in [-0.2, -0.15) is 9.78 Å². The van der Waals surface area contributed by atoms with E-state index in [-0.39, 0.29) is 5.56 Å². The minimum Gasteiger partial charge on any atom is -0.267 e. The molecule has 4 rings (SSSR count). The summed E-state index contributed by atoms with van der Waals surface area (Å²) in [6.07, 6.45) is 1.50. The number of para-hydroxylation sites is 1. The molecule has 138 valence electrons. The number of fused-ring (bicyclic) bond motifs is 1. The standard InChI is InChI=1S/C21H12Cl3N3O/c22-14-10-9-13(18(24)11-14)12-25-27-20(15-5-1-3-7-17(15)23)26-19-8-4-2-6-16(19)21(27)28/h1-12H/b25-12-. The molecule has 0 N–H and O–H groups in total. The first-order valence-electron chi connectivity index (χ1n) is 8.31. The predicted molar refractivity (Wildman–Crippen MR) is 116 cm³/mol. The second kappa shape index (κ2) is 7.76. The van der Waals surface area contributed by atoms with Crippen molar-refractivity contribution >= 4 is 51.9 Å². The molecule has 0 bridgehead atoms. The molecule has 4 nitrogen and oxygen atoms in total. The van der Waals surface area contributed by atoms with Gasteiger partial charge >= 0.3 is 0 Å². The summed E-state index contributed by atoms with van der Waals surface area (Å²) in [5, 5.41) is 6.24. The molecule has 0 radical (unpaired) electrons. The lowest BCUT2D eigenvalue weighted by Gasteiger charge is -2.10. The monoisotopic (exact) mass is 427 g/mol. The Bertz CT molecular complexity index is 1280. The van der Waals surface area contributed by atoms with E-state index in [4.69, 9.17) is 34.8 Å². The molecule has 3 aromatic carbocycles. The van der Waals surface area contributed by atoms with Gasteiger partial charge in [-0.25, -0.2) is 4.98 Å². The number of hydrogen-bond donors (Lipinski definition) is 0. The van der Waals surface area contributed by atoms with Crippen molar-refractivity contribution < 1.29 is 0 Å². The van der Waals surface area contributed by atoms with Gasteiger partial charge in [-0.15, -0.1) is 0 Å². The molecule has 1 heterocycles. The van der Waals surface area contributed by atoms with Crippen LogP contribution in [0.5, 0.6) is 0 Å². The maximum absolute atomic E-state index is 13.1. The van der Waals surface area contributed by atoms with E-state index in [1.165, 1.54) is 10.9 Å². The molecule has 0 saturated heterocycles. The van der Waals surface area contributed by atoms with E-state index in [0.29, 0.717) is 42.9 Å². The molecule has 4 aromatic rings. The Morgan fingerprint density at radius 3 is 2.43 bits per heavy atom. The third-order valence-electron chi connectivity index (χ3n) is 4.14. The molecule has 7 heteroatoms. The van der Waals surface area contributed by atoms with Gasteiger partial charge in [0.05, 0.1) is 27.2 Å². The first kappa shape index (κ1) is 18.7. The maximum Gasteiger partial charge on any atom is 0.282 e. The summed E-state index contributed by atoms with van der Waals surface area (Å²) in [5.74, 6) is 0.343. The Morgan fingerprint density at radius 1 is 0.893 bits per heavy atom. The SMILES string of the molecule is O=c1c2ccccc2nc(-c2ccccc2Cl)n1/N=C\c1ccc(Cl)cc1Cl. The lowest BCUT2D eigenvalue weighted by molar-refractivity contribution is 0.830. The Morgan fingerprint density at radius 2 is 1.64 bits per heavy atom. The van der Waals surface area contributed by atoms with Crippen LogP contribution in [0.25, 0.3) is 22.3 Å². The van der Waals surface area contributed by atoms with Crippen LogP contribution >= 0.6 is 34.8 Å². The van der Waals surface area contributed by atoms with Crippen LogP contribution in [0.1, 0.15) is 5.56 Å². The van der Waals surface area contributed by atoms with Gasteiger partial charge in [-0.05, 0) is 36.4 Å². The lowest BCUT2D eigenvalue weighted by Crippen LogP contribution is -2.20. The Labute approximate surface area is 175 Å². The van der Waals surface area contributed by atoms with Crippen LogP contribution in [-0.4, -0.2) is 15.9 Å². The second-order valence-corrected chi connectivity index (χ2v) is 7.21. The van der Waals surface area contributed by atoms with Gasteiger partial charge in [-0.1, -0.05) is 65.1 Å². The van der Waals surface area contributed by atoms with Gasteiger partial charge in [0.1, 0.15) is 0 Å². The van der Waals surface area contributed by atoms with Crippen LogP contribution in [0.2, 0.25) is 15.1 Å². The van der Waals surface area contributed by atoms with Crippen LogP contribution < -0.4 is 5.56 Å². The summed E-state index contributed by atoms with van der Waals surface area (Å²) in [6.45, 7) is 0. The number of aromatic nitrogens is 2. The number of nitrogens with zero attached hydrogens (tertiary/aromatic N) is 3. The predicted octanol–water partition coefficient (Wildman–Crippen LogP) is 5.91. The molecule has 1 aromatic heterocycles. The molecule has 0 aliphatic heterocycles. The van der Waals surface area contributed by atoms with Gasteiger partial charge < -0.3 is 0 Å². The summed E-state index contributed by atoms with van der Waals surface area (Å²) >= 11 is 18.5. The first-order valence-corrected chi connectivity index (χ1v) is 9.44. The van der Waals surface area contributed by atoms with E-state index in [9.17, 15) is 4.79 Å². The zero-order valence-electron chi connectivity index (χ0n) is 14.3. The van der Waals surface area contributed by atoms with E-state index in [0.717, 1.165) is 0 Å². The quantitative estimate of drug-likeness (QED) is 0.381. The third-order valence-corrected chi connectivity index (χ3v) is 5.04. The average Bonchev–Trinajstić information content (AvgIpc) is 2.69. The molecule has 0 amide bonds. The van der Waals surface area contributed by atoms with Crippen LogP contribution in [0.4, 0.5) is 0 Å². The maximum atomic E-state index is 13.1. The minimum absolute atomic E-state index is 0.304. The Balaban J connectivity index is 1.97. The number of halogens is 3. The van der Waals surface area contributed by atoms with Crippen molar-refractivity contribution in [2.45, 2.75) is 0 Å². The fourth-order valence-corrected chi connectivity index (χ4v) is 3.45. The van der Waals surface area contributed by atoms with Crippen molar-refractivity contribution in [1.82, 2.24) is 9.66 Å².